The summed E-state index contributed by atoms with van der Waals surface area (Å²) >= 11 is 0. The zero-order valence-electron chi connectivity index (χ0n) is 12.4. The summed E-state index contributed by atoms with van der Waals surface area (Å²) in [6, 6.07) is 7.96. The minimum absolute atomic E-state index is 0.136. The molecule has 0 unspecified atom stereocenters. The lowest BCUT2D eigenvalue weighted by atomic mass is 9.98. The highest BCUT2D eigenvalue weighted by molar-refractivity contribution is 5.78. The highest BCUT2D eigenvalue weighted by Gasteiger charge is 2.23. The second-order valence-corrected chi connectivity index (χ2v) is 5.31. The molecule has 1 amide bonds. The van der Waals surface area contributed by atoms with Gasteiger partial charge in [0.05, 0.1) is 12.5 Å². The maximum Gasteiger partial charge on any atom is 0.227 e. The standard InChI is InChI=1S/C16H24N2O2/c1-3-20-15-8-6-13(7-9-15)12-18(2)16(19)14-5-4-10-17-11-14/h6-9,14,17H,3-5,10-12H2,1-2H3/t14-/m0/s1. The van der Waals surface area contributed by atoms with Crippen molar-refractivity contribution >= 4 is 5.91 Å². The predicted molar refractivity (Wildman–Crippen MR) is 79.7 cm³/mol. The first-order valence-electron chi connectivity index (χ1n) is 7.38. The molecule has 1 aromatic rings. The maximum absolute atomic E-state index is 12.3. The van der Waals surface area contributed by atoms with E-state index >= 15 is 0 Å². The van der Waals surface area contributed by atoms with Crippen LogP contribution in [0.2, 0.25) is 0 Å². The summed E-state index contributed by atoms with van der Waals surface area (Å²) in [5, 5.41) is 3.29. The Hall–Kier alpha value is -1.55. The van der Waals surface area contributed by atoms with Gasteiger partial charge in [-0.2, -0.15) is 0 Å². The highest BCUT2D eigenvalue weighted by atomic mass is 16.5. The molecular weight excluding hydrogens is 252 g/mol. The maximum atomic E-state index is 12.3. The molecule has 1 aliphatic heterocycles. The molecule has 1 fully saturated rings. The van der Waals surface area contributed by atoms with Crippen LogP contribution in [-0.2, 0) is 11.3 Å². The third-order valence-electron chi connectivity index (χ3n) is 3.68. The number of hydrogen-bond acceptors (Lipinski definition) is 3. The Morgan fingerprint density at radius 2 is 2.15 bits per heavy atom. The average Bonchev–Trinajstić information content (AvgIpc) is 2.49. The van der Waals surface area contributed by atoms with Gasteiger partial charge in [-0.15, -0.1) is 0 Å². The van der Waals surface area contributed by atoms with Gasteiger partial charge in [-0.1, -0.05) is 12.1 Å². The van der Waals surface area contributed by atoms with Crippen LogP contribution in [0.3, 0.4) is 0 Å². The summed E-state index contributed by atoms with van der Waals surface area (Å²) < 4.78 is 5.42. The van der Waals surface area contributed by atoms with Gasteiger partial charge in [-0.25, -0.2) is 0 Å². The van der Waals surface area contributed by atoms with Crippen molar-refractivity contribution in [1.29, 1.82) is 0 Å². The summed E-state index contributed by atoms with van der Waals surface area (Å²) in [5.41, 5.74) is 1.13. The summed E-state index contributed by atoms with van der Waals surface area (Å²) in [4.78, 5) is 14.2. The monoisotopic (exact) mass is 276 g/mol. The second kappa shape index (κ2) is 7.29. The fraction of sp³-hybridized carbons (Fsp3) is 0.562. The van der Waals surface area contributed by atoms with Crippen LogP contribution in [0, 0.1) is 5.92 Å². The van der Waals surface area contributed by atoms with Gasteiger partial charge in [-0.05, 0) is 44.0 Å². The molecule has 0 spiro atoms. The molecule has 1 saturated heterocycles. The van der Waals surface area contributed by atoms with Crippen LogP contribution in [0.1, 0.15) is 25.3 Å². The number of hydrogen-bond donors (Lipinski definition) is 1. The predicted octanol–water partition coefficient (Wildman–Crippen LogP) is 2.04. The van der Waals surface area contributed by atoms with Crippen molar-refractivity contribution in [3.05, 3.63) is 29.8 Å². The van der Waals surface area contributed by atoms with E-state index in [2.05, 4.69) is 5.32 Å². The van der Waals surface area contributed by atoms with Crippen molar-refractivity contribution in [2.75, 3.05) is 26.7 Å². The third-order valence-corrected chi connectivity index (χ3v) is 3.68. The molecule has 4 nitrogen and oxygen atoms in total. The van der Waals surface area contributed by atoms with Gasteiger partial charge >= 0.3 is 0 Å². The lowest BCUT2D eigenvalue weighted by Crippen LogP contribution is -2.41. The van der Waals surface area contributed by atoms with Gasteiger partial charge in [-0.3, -0.25) is 4.79 Å². The minimum Gasteiger partial charge on any atom is -0.494 e. The summed E-state index contributed by atoms with van der Waals surface area (Å²) in [6.07, 6.45) is 2.09. The fourth-order valence-electron chi connectivity index (χ4n) is 2.58. The Morgan fingerprint density at radius 3 is 2.75 bits per heavy atom. The third kappa shape index (κ3) is 3.97. The Morgan fingerprint density at radius 1 is 1.40 bits per heavy atom. The first kappa shape index (κ1) is 14.9. The number of carbonyl (C=O) groups is 1. The van der Waals surface area contributed by atoms with Crippen molar-refractivity contribution in [3.8, 4) is 5.75 Å². The van der Waals surface area contributed by atoms with E-state index < -0.39 is 0 Å². The normalized spacial score (nSPS) is 18.6. The van der Waals surface area contributed by atoms with Crippen molar-refractivity contribution < 1.29 is 9.53 Å². The molecule has 1 aliphatic rings. The van der Waals surface area contributed by atoms with Crippen LogP contribution in [-0.4, -0.2) is 37.6 Å². The molecule has 2 rings (SSSR count). The second-order valence-electron chi connectivity index (χ2n) is 5.31. The van der Waals surface area contributed by atoms with E-state index in [-0.39, 0.29) is 11.8 Å². The average molecular weight is 276 g/mol. The Bertz CT molecular complexity index is 425. The molecule has 0 bridgehead atoms. The lowest BCUT2D eigenvalue weighted by molar-refractivity contribution is -0.135. The van der Waals surface area contributed by atoms with Crippen molar-refractivity contribution in [1.82, 2.24) is 10.2 Å². The lowest BCUT2D eigenvalue weighted by Gasteiger charge is -2.27. The fourth-order valence-corrected chi connectivity index (χ4v) is 2.58. The number of benzene rings is 1. The molecule has 0 radical (unpaired) electrons. The van der Waals surface area contributed by atoms with Gasteiger partial charge in [0.2, 0.25) is 5.91 Å². The number of ether oxygens (including phenoxy) is 1. The zero-order chi connectivity index (χ0) is 14.4. The van der Waals surface area contributed by atoms with E-state index in [0.29, 0.717) is 13.2 Å². The molecule has 20 heavy (non-hydrogen) atoms. The smallest absolute Gasteiger partial charge is 0.227 e. The van der Waals surface area contributed by atoms with Gasteiger partial charge in [0, 0.05) is 20.1 Å². The van der Waals surface area contributed by atoms with Crippen LogP contribution in [0.25, 0.3) is 0 Å². The molecule has 1 aromatic carbocycles. The number of nitrogens with zero attached hydrogens (tertiary/aromatic N) is 1. The first-order chi connectivity index (χ1) is 9.70. The Kier molecular flexibility index (Phi) is 5.41. The number of piperidine rings is 1. The van der Waals surface area contributed by atoms with E-state index in [4.69, 9.17) is 4.74 Å². The van der Waals surface area contributed by atoms with Crippen LogP contribution >= 0.6 is 0 Å². The van der Waals surface area contributed by atoms with E-state index in [1.165, 1.54) is 0 Å². The number of carbonyl (C=O) groups excluding carboxylic acids is 1. The molecular formula is C16H24N2O2. The highest BCUT2D eigenvalue weighted by Crippen LogP contribution is 2.16. The first-order valence-corrected chi connectivity index (χ1v) is 7.38. The molecule has 0 aliphatic carbocycles. The zero-order valence-corrected chi connectivity index (χ0v) is 12.4. The SMILES string of the molecule is CCOc1ccc(CN(C)C(=O)[C@H]2CCCNC2)cc1. The Labute approximate surface area is 121 Å². The van der Waals surface area contributed by atoms with Crippen LogP contribution < -0.4 is 10.1 Å². The van der Waals surface area contributed by atoms with E-state index in [9.17, 15) is 4.79 Å². The molecule has 4 heteroatoms. The number of amides is 1. The van der Waals surface area contributed by atoms with Crippen molar-refractivity contribution in [2.24, 2.45) is 5.92 Å². The molecule has 1 N–H and O–H groups in total. The molecule has 0 saturated carbocycles. The topological polar surface area (TPSA) is 41.6 Å². The molecule has 1 heterocycles. The van der Waals surface area contributed by atoms with Gasteiger partial charge in [0.25, 0.3) is 0 Å². The van der Waals surface area contributed by atoms with Crippen molar-refractivity contribution in [3.63, 3.8) is 0 Å². The Balaban J connectivity index is 1.89. The number of nitrogens with one attached hydrogen (secondary N) is 1. The number of rotatable bonds is 5. The van der Waals surface area contributed by atoms with Gasteiger partial charge in [0.15, 0.2) is 0 Å². The van der Waals surface area contributed by atoms with Gasteiger partial charge < -0.3 is 15.0 Å². The van der Waals surface area contributed by atoms with E-state index in [1.807, 2.05) is 43.1 Å². The minimum atomic E-state index is 0.136. The molecule has 1 atom stereocenters. The van der Waals surface area contributed by atoms with Crippen molar-refractivity contribution in [2.45, 2.75) is 26.3 Å². The molecule has 110 valence electrons. The quantitative estimate of drug-likeness (QED) is 0.895. The largest absolute Gasteiger partial charge is 0.494 e. The molecule has 0 aromatic heterocycles. The van der Waals surface area contributed by atoms with Gasteiger partial charge in [0.1, 0.15) is 5.75 Å². The van der Waals surface area contributed by atoms with E-state index in [0.717, 1.165) is 37.2 Å². The van der Waals surface area contributed by atoms with Crippen LogP contribution in [0.4, 0.5) is 0 Å². The van der Waals surface area contributed by atoms with Crippen LogP contribution in [0.5, 0.6) is 5.75 Å². The summed E-state index contributed by atoms with van der Waals surface area (Å²) in [6.45, 7) is 5.14. The van der Waals surface area contributed by atoms with E-state index in [1.54, 1.807) is 0 Å². The van der Waals surface area contributed by atoms with Crippen LogP contribution in [0.15, 0.2) is 24.3 Å². The summed E-state index contributed by atoms with van der Waals surface area (Å²) in [5.74, 6) is 1.25. The summed E-state index contributed by atoms with van der Waals surface area (Å²) in [7, 11) is 1.88.